The van der Waals surface area contributed by atoms with Gasteiger partial charge in [-0.2, -0.15) is 10.1 Å². The minimum Gasteiger partial charge on any atom is -0.467 e. The van der Waals surface area contributed by atoms with Gasteiger partial charge >= 0.3 is 5.97 Å². The van der Waals surface area contributed by atoms with E-state index < -0.39 is 18.5 Å². The Morgan fingerprint density at radius 2 is 2.07 bits per heavy atom. The lowest BCUT2D eigenvalue weighted by Gasteiger charge is -2.24. The van der Waals surface area contributed by atoms with Crippen molar-refractivity contribution in [2.24, 2.45) is 5.10 Å². The normalized spacial score (nSPS) is 13.9. The van der Waals surface area contributed by atoms with E-state index in [1.165, 1.54) is 11.3 Å². The number of hydrogen-bond donors (Lipinski definition) is 1. The fourth-order valence-electron chi connectivity index (χ4n) is 2.70. The SMILES string of the molecule is Cc1ccc(C)c(N2N=C(C(=O)OCC(=O)NCc3ccco3)CCC2=O)c1. The van der Waals surface area contributed by atoms with Crippen LogP contribution in [-0.2, 0) is 25.7 Å². The fraction of sp³-hybridized carbons (Fsp3) is 0.300. The number of rotatable bonds is 6. The number of furan rings is 1. The number of nitrogens with zero attached hydrogens (tertiary/aromatic N) is 2. The molecule has 1 N–H and O–H groups in total. The third-order valence-electron chi connectivity index (χ3n) is 4.24. The van der Waals surface area contributed by atoms with Crippen molar-refractivity contribution in [2.75, 3.05) is 11.6 Å². The van der Waals surface area contributed by atoms with E-state index in [-0.39, 0.29) is 31.0 Å². The summed E-state index contributed by atoms with van der Waals surface area (Å²) in [5, 5.41) is 8.00. The number of esters is 1. The van der Waals surface area contributed by atoms with Crippen molar-refractivity contribution in [1.82, 2.24) is 5.32 Å². The Kier molecular flexibility index (Phi) is 5.88. The zero-order valence-corrected chi connectivity index (χ0v) is 15.7. The Morgan fingerprint density at radius 3 is 2.82 bits per heavy atom. The van der Waals surface area contributed by atoms with Crippen molar-refractivity contribution in [3.8, 4) is 0 Å². The predicted octanol–water partition coefficient (Wildman–Crippen LogP) is 2.24. The number of nitrogens with one attached hydrogen (secondary N) is 1. The maximum absolute atomic E-state index is 12.3. The molecule has 1 aromatic heterocycles. The van der Waals surface area contributed by atoms with Crippen molar-refractivity contribution < 1.29 is 23.5 Å². The highest BCUT2D eigenvalue weighted by Crippen LogP contribution is 2.25. The smallest absolute Gasteiger partial charge is 0.355 e. The van der Waals surface area contributed by atoms with Gasteiger partial charge in [0.2, 0.25) is 5.91 Å². The summed E-state index contributed by atoms with van der Waals surface area (Å²) in [4.78, 5) is 36.4. The Morgan fingerprint density at radius 1 is 1.25 bits per heavy atom. The lowest BCUT2D eigenvalue weighted by atomic mass is 10.1. The van der Waals surface area contributed by atoms with Crippen LogP contribution in [0.1, 0.15) is 29.7 Å². The molecule has 0 unspecified atom stereocenters. The van der Waals surface area contributed by atoms with Crippen molar-refractivity contribution >= 4 is 29.2 Å². The van der Waals surface area contributed by atoms with Crippen LogP contribution in [0, 0.1) is 13.8 Å². The molecule has 1 aromatic carbocycles. The zero-order chi connectivity index (χ0) is 20.1. The second-order valence-corrected chi connectivity index (χ2v) is 6.47. The highest BCUT2D eigenvalue weighted by Gasteiger charge is 2.27. The number of amides is 2. The minimum absolute atomic E-state index is 0.111. The number of benzene rings is 1. The van der Waals surface area contributed by atoms with E-state index in [1.54, 1.807) is 12.1 Å². The van der Waals surface area contributed by atoms with Crippen molar-refractivity contribution in [1.29, 1.82) is 0 Å². The monoisotopic (exact) mass is 383 g/mol. The van der Waals surface area contributed by atoms with Gasteiger partial charge in [-0.15, -0.1) is 0 Å². The van der Waals surface area contributed by atoms with E-state index >= 15 is 0 Å². The molecule has 28 heavy (non-hydrogen) atoms. The van der Waals surface area contributed by atoms with Gasteiger partial charge < -0.3 is 14.5 Å². The van der Waals surface area contributed by atoms with Crippen LogP contribution in [-0.4, -0.2) is 30.1 Å². The molecule has 1 aliphatic rings. The maximum atomic E-state index is 12.3. The molecule has 146 valence electrons. The van der Waals surface area contributed by atoms with Crippen LogP contribution in [0.3, 0.4) is 0 Å². The molecule has 8 nitrogen and oxygen atoms in total. The summed E-state index contributed by atoms with van der Waals surface area (Å²) in [5.74, 6) is -0.764. The minimum atomic E-state index is -0.712. The summed E-state index contributed by atoms with van der Waals surface area (Å²) in [5.41, 5.74) is 2.59. The average molecular weight is 383 g/mol. The topological polar surface area (TPSA) is 101 Å². The van der Waals surface area contributed by atoms with Crippen LogP contribution in [0.15, 0.2) is 46.1 Å². The van der Waals surface area contributed by atoms with E-state index in [1.807, 2.05) is 32.0 Å². The molecule has 0 aliphatic carbocycles. The van der Waals surface area contributed by atoms with Crippen LogP contribution in [0.25, 0.3) is 0 Å². The second kappa shape index (κ2) is 8.51. The maximum Gasteiger partial charge on any atom is 0.355 e. The summed E-state index contributed by atoms with van der Waals surface area (Å²) in [7, 11) is 0. The molecule has 0 saturated carbocycles. The molecule has 0 spiro atoms. The van der Waals surface area contributed by atoms with Gasteiger partial charge in [0, 0.05) is 12.8 Å². The number of hydrazone groups is 1. The fourth-order valence-corrected chi connectivity index (χ4v) is 2.70. The van der Waals surface area contributed by atoms with Gasteiger partial charge in [0.05, 0.1) is 18.5 Å². The quantitative estimate of drug-likeness (QED) is 0.771. The Bertz CT molecular complexity index is 918. The van der Waals surface area contributed by atoms with Gasteiger partial charge in [0.25, 0.3) is 5.91 Å². The number of carbonyl (C=O) groups excluding carboxylic acids is 3. The first-order valence-corrected chi connectivity index (χ1v) is 8.88. The van der Waals surface area contributed by atoms with E-state index in [9.17, 15) is 14.4 Å². The molecular formula is C20H21N3O5. The molecule has 0 saturated heterocycles. The molecule has 2 heterocycles. The zero-order valence-electron chi connectivity index (χ0n) is 15.7. The largest absolute Gasteiger partial charge is 0.467 e. The number of anilines is 1. The van der Waals surface area contributed by atoms with Gasteiger partial charge in [-0.3, -0.25) is 9.59 Å². The molecule has 8 heteroatoms. The predicted molar refractivity (Wildman–Crippen MR) is 102 cm³/mol. The molecule has 2 amide bonds. The summed E-state index contributed by atoms with van der Waals surface area (Å²) < 4.78 is 10.1. The summed E-state index contributed by atoms with van der Waals surface area (Å²) in [6.07, 6.45) is 1.82. The number of carbonyl (C=O) groups is 3. The van der Waals surface area contributed by atoms with Gasteiger partial charge in [-0.25, -0.2) is 4.79 Å². The van der Waals surface area contributed by atoms with E-state index in [0.717, 1.165) is 11.1 Å². The number of aryl methyl sites for hydroxylation is 2. The molecule has 3 rings (SSSR count). The Hall–Kier alpha value is -3.42. The van der Waals surface area contributed by atoms with Crippen molar-refractivity contribution in [2.45, 2.75) is 33.2 Å². The van der Waals surface area contributed by atoms with Crippen LogP contribution < -0.4 is 10.3 Å². The first-order valence-electron chi connectivity index (χ1n) is 8.88. The van der Waals surface area contributed by atoms with Gasteiger partial charge in [0.1, 0.15) is 11.5 Å². The van der Waals surface area contributed by atoms with Gasteiger partial charge in [-0.05, 0) is 43.2 Å². The molecule has 1 aliphatic heterocycles. The molecule has 0 atom stereocenters. The van der Waals surface area contributed by atoms with Gasteiger partial charge in [-0.1, -0.05) is 12.1 Å². The summed E-state index contributed by atoms with van der Waals surface area (Å²) >= 11 is 0. The molecule has 0 bridgehead atoms. The lowest BCUT2D eigenvalue weighted by Crippen LogP contribution is -2.36. The highest BCUT2D eigenvalue weighted by molar-refractivity contribution is 6.38. The lowest BCUT2D eigenvalue weighted by molar-refractivity contribution is -0.142. The van der Waals surface area contributed by atoms with Gasteiger partial charge in [0.15, 0.2) is 6.61 Å². The first kappa shape index (κ1) is 19.3. The Labute approximate surface area is 162 Å². The average Bonchev–Trinajstić information content (AvgIpc) is 3.20. The number of hydrogen-bond acceptors (Lipinski definition) is 6. The number of ether oxygens (including phenoxy) is 1. The molecule has 0 radical (unpaired) electrons. The van der Waals surface area contributed by atoms with Crippen molar-refractivity contribution in [3.63, 3.8) is 0 Å². The molecular weight excluding hydrogens is 362 g/mol. The van der Waals surface area contributed by atoms with E-state index in [4.69, 9.17) is 9.15 Å². The van der Waals surface area contributed by atoms with Crippen LogP contribution in [0.5, 0.6) is 0 Å². The van der Waals surface area contributed by atoms with Crippen molar-refractivity contribution in [3.05, 3.63) is 53.5 Å². The summed E-state index contributed by atoms with van der Waals surface area (Å²) in [6.45, 7) is 3.56. The standard InChI is InChI=1S/C20H21N3O5/c1-13-5-6-14(2)17(10-13)23-19(25)8-7-16(22-23)20(26)28-12-18(24)21-11-15-4-3-9-27-15/h3-6,9-10H,7-8,11-12H2,1-2H3,(H,21,24). The highest BCUT2D eigenvalue weighted by atomic mass is 16.5. The van der Waals surface area contributed by atoms with E-state index in [2.05, 4.69) is 10.4 Å². The first-order chi connectivity index (χ1) is 13.4. The summed E-state index contributed by atoms with van der Waals surface area (Å²) in [6, 6.07) is 9.11. The third kappa shape index (κ3) is 4.64. The molecule has 0 fully saturated rings. The third-order valence-corrected chi connectivity index (χ3v) is 4.24. The molecule has 2 aromatic rings. The second-order valence-electron chi connectivity index (χ2n) is 6.47. The Balaban J connectivity index is 1.61. The van der Waals surface area contributed by atoms with E-state index in [0.29, 0.717) is 11.4 Å². The van der Waals surface area contributed by atoms with Crippen LogP contribution in [0.2, 0.25) is 0 Å². The van der Waals surface area contributed by atoms with Crippen LogP contribution in [0.4, 0.5) is 5.69 Å². The van der Waals surface area contributed by atoms with Crippen LogP contribution >= 0.6 is 0 Å².